The van der Waals surface area contributed by atoms with Crippen LogP contribution in [0.25, 0.3) is 0 Å². The third-order valence-electron chi connectivity index (χ3n) is 2.79. The fourth-order valence-corrected chi connectivity index (χ4v) is 1.95. The molecule has 1 aliphatic rings. The number of hydrogen-bond acceptors (Lipinski definition) is 7. The standard InChI is InChI=1S/C12H23IN2O5/c1-4-11(8-18-13)17-7-12-9-20-15(14-3)19-6-10(2)5-16-12/h10-12H,3-9H2,1-2H3. The molecule has 0 aliphatic carbocycles. The van der Waals surface area contributed by atoms with E-state index in [9.17, 15) is 0 Å². The van der Waals surface area contributed by atoms with E-state index < -0.39 is 0 Å². The molecule has 8 heteroatoms. The zero-order chi connectivity index (χ0) is 14.8. The summed E-state index contributed by atoms with van der Waals surface area (Å²) < 4.78 is 16.6. The average Bonchev–Trinajstić information content (AvgIpc) is 2.55. The monoisotopic (exact) mass is 402 g/mol. The minimum atomic E-state index is -0.174. The highest BCUT2D eigenvalue weighted by Crippen LogP contribution is 2.10. The molecule has 1 rings (SSSR count). The van der Waals surface area contributed by atoms with Crippen molar-refractivity contribution in [2.24, 2.45) is 11.0 Å². The highest BCUT2D eigenvalue weighted by atomic mass is 127. The molecule has 20 heavy (non-hydrogen) atoms. The van der Waals surface area contributed by atoms with Gasteiger partial charge in [-0.15, -0.1) is 5.10 Å². The van der Waals surface area contributed by atoms with Crippen LogP contribution in [0.15, 0.2) is 5.10 Å². The highest BCUT2D eigenvalue weighted by Gasteiger charge is 2.20. The molecule has 0 amide bonds. The lowest BCUT2D eigenvalue weighted by Gasteiger charge is -2.21. The molecule has 0 N–H and O–H groups in total. The van der Waals surface area contributed by atoms with Crippen LogP contribution < -0.4 is 0 Å². The Kier molecular flexibility index (Phi) is 9.65. The smallest absolute Gasteiger partial charge is 0.109 e. The predicted molar refractivity (Wildman–Crippen MR) is 82.2 cm³/mol. The lowest BCUT2D eigenvalue weighted by atomic mass is 10.2. The maximum Gasteiger partial charge on any atom is 0.109 e. The Hall–Kier alpha value is -0.000000000000000187. The molecule has 118 valence electrons. The molecule has 0 aromatic carbocycles. The summed E-state index contributed by atoms with van der Waals surface area (Å²) in [5.41, 5.74) is 0. The van der Waals surface area contributed by atoms with E-state index in [4.69, 9.17) is 22.2 Å². The van der Waals surface area contributed by atoms with Crippen molar-refractivity contribution in [3.63, 3.8) is 0 Å². The van der Waals surface area contributed by atoms with Gasteiger partial charge < -0.3 is 12.5 Å². The second-order valence-corrected chi connectivity index (χ2v) is 5.29. The molecule has 1 saturated heterocycles. The van der Waals surface area contributed by atoms with Crippen molar-refractivity contribution in [1.29, 1.82) is 0 Å². The topological polar surface area (TPSA) is 61.8 Å². The third-order valence-corrected chi connectivity index (χ3v) is 3.15. The van der Waals surface area contributed by atoms with Gasteiger partial charge in [0.05, 0.1) is 32.5 Å². The molecular formula is C12H23IN2O5. The molecule has 1 fully saturated rings. The normalized spacial score (nSPS) is 26.4. The molecule has 0 spiro atoms. The summed E-state index contributed by atoms with van der Waals surface area (Å²) in [5.74, 6) is 0.239. The molecule has 1 heterocycles. The van der Waals surface area contributed by atoms with Gasteiger partial charge in [-0.3, -0.25) is 0 Å². The molecule has 0 bridgehead atoms. The summed E-state index contributed by atoms with van der Waals surface area (Å²) in [5, 5.41) is 4.65. The first-order chi connectivity index (χ1) is 9.69. The van der Waals surface area contributed by atoms with Crippen LogP contribution in [-0.2, 0) is 22.2 Å². The van der Waals surface area contributed by atoms with Gasteiger partial charge in [0, 0.05) is 12.6 Å². The third kappa shape index (κ3) is 7.14. The summed E-state index contributed by atoms with van der Waals surface area (Å²) in [6.07, 6.45) is 0.772. The molecular weight excluding hydrogens is 379 g/mol. The van der Waals surface area contributed by atoms with E-state index in [2.05, 4.69) is 18.7 Å². The molecule has 3 atom stereocenters. The van der Waals surface area contributed by atoms with Crippen molar-refractivity contribution in [1.82, 2.24) is 5.34 Å². The van der Waals surface area contributed by atoms with Crippen LogP contribution >= 0.6 is 23.0 Å². The SMILES string of the molecule is C=NN1OCC(C)COC(COC(CC)COI)CO1. The van der Waals surface area contributed by atoms with Gasteiger partial charge in [0.1, 0.15) is 35.7 Å². The van der Waals surface area contributed by atoms with Crippen LogP contribution in [0, 0.1) is 5.92 Å². The number of hydrogen-bond donors (Lipinski definition) is 0. The summed E-state index contributed by atoms with van der Waals surface area (Å²) >= 11 is 1.87. The second-order valence-electron chi connectivity index (χ2n) is 4.67. The van der Waals surface area contributed by atoms with Crippen molar-refractivity contribution in [3.05, 3.63) is 0 Å². The van der Waals surface area contributed by atoms with E-state index in [0.29, 0.717) is 33.0 Å². The summed E-state index contributed by atoms with van der Waals surface area (Å²) in [4.78, 5) is 10.6. The minimum absolute atomic E-state index is 0.0606. The van der Waals surface area contributed by atoms with Gasteiger partial charge in [-0.2, -0.15) is 0 Å². The fraction of sp³-hybridized carbons (Fsp3) is 0.917. The maximum absolute atomic E-state index is 5.78. The Morgan fingerprint density at radius 2 is 2.15 bits per heavy atom. The number of nitrogens with zero attached hydrogens (tertiary/aromatic N) is 2. The quantitative estimate of drug-likeness (QED) is 0.480. The maximum atomic E-state index is 5.78. The Bertz CT molecular complexity index is 272. The van der Waals surface area contributed by atoms with Gasteiger partial charge in [-0.1, -0.05) is 13.8 Å². The van der Waals surface area contributed by atoms with Crippen molar-refractivity contribution in [3.8, 4) is 0 Å². The number of halogens is 1. The van der Waals surface area contributed by atoms with E-state index in [-0.39, 0.29) is 18.1 Å². The number of hydrazone groups is 1. The Morgan fingerprint density at radius 1 is 1.40 bits per heavy atom. The van der Waals surface area contributed by atoms with Gasteiger partial charge >= 0.3 is 0 Å². The average molecular weight is 402 g/mol. The van der Waals surface area contributed by atoms with Crippen molar-refractivity contribution < 1.29 is 22.2 Å². The molecule has 0 saturated carbocycles. The van der Waals surface area contributed by atoms with E-state index >= 15 is 0 Å². The van der Waals surface area contributed by atoms with Gasteiger partial charge in [-0.25, -0.2) is 9.68 Å². The van der Waals surface area contributed by atoms with Crippen molar-refractivity contribution in [2.45, 2.75) is 32.5 Å². The van der Waals surface area contributed by atoms with Gasteiger partial charge in [0.15, 0.2) is 0 Å². The summed E-state index contributed by atoms with van der Waals surface area (Å²) in [6.45, 7) is 9.82. The van der Waals surface area contributed by atoms with Gasteiger partial charge in [0.2, 0.25) is 0 Å². The Labute approximate surface area is 134 Å². The first-order valence-electron chi connectivity index (χ1n) is 6.68. The van der Waals surface area contributed by atoms with Gasteiger partial charge in [-0.05, 0) is 11.8 Å². The van der Waals surface area contributed by atoms with E-state index in [1.54, 1.807) is 0 Å². The number of rotatable bonds is 7. The molecule has 1 aliphatic heterocycles. The first kappa shape index (κ1) is 18.1. The predicted octanol–water partition coefficient (Wildman–Crippen LogP) is 1.96. The lowest BCUT2D eigenvalue weighted by molar-refractivity contribution is -0.373. The van der Waals surface area contributed by atoms with Crippen LogP contribution in [0.2, 0.25) is 0 Å². The molecule has 0 radical (unpaired) electrons. The van der Waals surface area contributed by atoms with E-state index in [1.807, 2.05) is 29.9 Å². The summed E-state index contributed by atoms with van der Waals surface area (Å²) in [7, 11) is 0. The minimum Gasteiger partial charge on any atom is -0.373 e. The van der Waals surface area contributed by atoms with Crippen molar-refractivity contribution >= 4 is 29.7 Å². The lowest BCUT2D eigenvalue weighted by Crippen LogP contribution is -2.32. The second kappa shape index (κ2) is 10.7. The fourth-order valence-electron chi connectivity index (χ4n) is 1.55. The van der Waals surface area contributed by atoms with Crippen molar-refractivity contribution in [2.75, 3.05) is 33.0 Å². The van der Waals surface area contributed by atoms with E-state index in [0.717, 1.165) is 11.8 Å². The zero-order valence-electron chi connectivity index (χ0n) is 12.0. The highest BCUT2D eigenvalue weighted by molar-refractivity contribution is 14.1. The largest absolute Gasteiger partial charge is 0.373 e. The molecule has 0 aromatic rings. The van der Waals surface area contributed by atoms with Crippen LogP contribution in [0.3, 0.4) is 0 Å². The zero-order valence-corrected chi connectivity index (χ0v) is 14.2. The first-order valence-corrected chi connectivity index (χ1v) is 7.57. The summed E-state index contributed by atoms with van der Waals surface area (Å²) in [6, 6.07) is 0. The van der Waals surface area contributed by atoms with Crippen LogP contribution in [0.1, 0.15) is 20.3 Å². The molecule has 7 nitrogen and oxygen atoms in total. The molecule has 3 unspecified atom stereocenters. The Morgan fingerprint density at radius 3 is 2.80 bits per heavy atom. The van der Waals surface area contributed by atoms with Crippen LogP contribution in [0.5, 0.6) is 0 Å². The van der Waals surface area contributed by atoms with Crippen LogP contribution in [0.4, 0.5) is 0 Å². The molecule has 0 aromatic heterocycles. The Balaban J connectivity index is 2.42. The number of ether oxygens (including phenoxy) is 2. The van der Waals surface area contributed by atoms with Gasteiger partial charge in [0.25, 0.3) is 0 Å². The van der Waals surface area contributed by atoms with E-state index in [1.165, 1.54) is 0 Å². The van der Waals surface area contributed by atoms with Crippen LogP contribution in [-0.4, -0.2) is 57.3 Å².